The van der Waals surface area contributed by atoms with Gasteiger partial charge >= 0.3 is 5.97 Å². The number of hydrogen-bond donors (Lipinski definition) is 1. The summed E-state index contributed by atoms with van der Waals surface area (Å²) in [5.41, 5.74) is 7.99. The van der Waals surface area contributed by atoms with Gasteiger partial charge in [-0.05, 0) is 78.3 Å². The van der Waals surface area contributed by atoms with E-state index >= 15 is 0 Å². The van der Waals surface area contributed by atoms with Crippen molar-refractivity contribution in [1.29, 1.82) is 0 Å². The van der Waals surface area contributed by atoms with Crippen molar-refractivity contribution in [3.63, 3.8) is 0 Å². The van der Waals surface area contributed by atoms with Crippen LogP contribution in [0.5, 0.6) is 17.2 Å². The minimum absolute atomic E-state index is 0.0128. The third-order valence-electron chi connectivity index (χ3n) is 7.42. The molecule has 2 aliphatic rings. The molecule has 198 valence electrons. The van der Waals surface area contributed by atoms with Crippen LogP contribution < -0.4 is 14.2 Å². The number of nitrogens with zero attached hydrogens (tertiary/aromatic N) is 1. The van der Waals surface area contributed by atoms with Crippen LogP contribution in [0.25, 0.3) is 11.1 Å². The molecule has 0 spiro atoms. The number of aliphatic carboxylic acids is 1. The number of fused-ring (bicyclic) bond motifs is 2. The Bertz CT molecular complexity index is 1370. The largest absolute Gasteiger partial charge is 0.492 e. The van der Waals surface area contributed by atoms with Crippen LogP contribution in [0.3, 0.4) is 0 Å². The smallest absolute Gasteiger partial charge is 0.304 e. The van der Waals surface area contributed by atoms with E-state index in [-0.39, 0.29) is 31.0 Å². The lowest BCUT2D eigenvalue weighted by molar-refractivity contribution is -0.137. The van der Waals surface area contributed by atoms with Crippen LogP contribution in [0.2, 0.25) is 0 Å². The fraction of sp³-hybridized carbons (Fsp3) is 0.355. The van der Waals surface area contributed by atoms with Crippen LogP contribution in [-0.4, -0.2) is 49.2 Å². The molecule has 1 heterocycles. The molecule has 0 fully saturated rings. The van der Waals surface area contributed by atoms with Gasteiger partial charge in [0.15, 0.2) is 6.61 Å². The highest BCUT2D eigenvalue weighted by molar-refractivity contribution is 5.78. The maximum atomic E-state index is 11.9. The standard InChI is InChI=1S/C31H33NO6/c1-18-12-22(36-17-29(33)32(3)4)13-19(2)31(18)26-7-5-6-25-24(26)10-11-27(25)38-21-8-9-23-20(14-30(34)35)16-37-28(23)15-21/h5-9,12-13,15,20,27H,10-11,14,16-17H2,1-4H3,(H,34,35). The van der Waals surface area contributed by atoms with Crippen LogP contribution in [0.1, 0.15) is 52.7 Å². The zero-order valence-electron chi connectivity index (χ0n) is 22.2. The monoisotopic (exact) mass is 515 g/mol. The second-order valence-electron chi connectivity index (χ2n) is 10.3. The lowest BCUT2D eigenvalue weighted by atomic mass is 9.90. The summed E-state index contributed by atoms with van der Waals surface area (Å²) in [6.45, 7) is 4.55. The quantitative estimate of drug-likeness (QED) is 0.429. The van der Waals surface area contributed by atoms with Gasteiger partial charge in [-0.1, -0.05) is 24.3 Å². The second kappa shape index (κ2) is 10.4. The van der Waals surface area contributed by atoms with Gasteiger partial charge in [0.2, 0.25) is 0 Å². The molecule has 38 heavy (non-hydrogen) atoms. The van der Waals surface area contributed by atoms with Crippen molar-refractivity contribution in [2.75, 3.05) is 27.3 Å². The van der Waals surface area contributed by atoms with Crippen molar-refractivity contribution in [3.05, 3.63) is 76.3 Å². The Morgan fingerprint density at radius 1 is 1.03 bits per heavy atom. The Balaban J connectivity index is 1.36. The first-order chi connectivity index (χ1) is 18.2. The molecule has 1 aliphatic carbocycles. The third-order valence-corrected chi connectivity index (χ3v) is 7.42. The fourth-order valence-electron chi connectivity index (χ4n) is 5.55. The lowest BCUT2D eigenvalue weighted by Gasteiger charge is -2.19. The summed E-state index contributed by atoms with van der Waals surface area (Å²) < 4.78 is 18.0. The predicted molar refractivity (Wildman–Crippen MR) is 144 cm³/mol. The number of hydrogen-bond acceptors (Lipinski definition) is 5. The van der Waals surface area contributed by atoms with Crippen molar-refractivity contribution in [1.82, 2.24) is 4.90 Å². The van der Waals surface area contributed by atoms with Gasteiger partial charge in [-0.3, -0.25) is 9.59 Å². The molecular weight excluding hydrogens is 482 g/mol. The number of amides is 1. The maximum Gasteiger partial charge on any atom is 0.304 e. The van der Waals surface area contributed by atoms with Gasteiger partial charge in [0, 0.05) is 31.6 Å². The van der Waals surface area contributed by atoms with Crippen LogP contribution in [-0.2, 0) is 16.0 Å². The van der Waals surface area contributed by atoms with E-state index in [1.807, 2.05) is 30.3 Å². The number of carboxylic acids is 1. The number of rotatable bonds is 8. The molecule has 1 amide bonds. The van der Waals surface area contributed by atoms with Crippen molar-refractivity contribution in [3.8, 4) is 28.4 Å². The average molecular weight is 516 g/mol. The van der Waals surface area contributed by atoms with E-state index in [9.17, 15) is 9.59 Å². The number of carbonyl (C=O) groups is 2. The van der Waals surface area contributed by atoms with Gasteiger partial charge in [0.1, 0.15) is 23.4 Å². The highest BCUT2D eigenvalue weighted by atomic mass is 16.5. The zero-order chi connectivity index (χ0) is 27.0. The third kappa shape index (κ3) is 5.05. The Kier molecular flexibility index (Phi) is 7.02. The minimum Gasteiger partial charge on any atom is -0.492 e. The van der Waals surface area contributed by atoms with Crippen molar-refractivity contribution in [2.24, 2.45) is 0 Å². The topological polar surface area (TPSA) is 85.3 Å². The van der Waals surface area contributed by atoms with Gasteiger partial charge < -0.3 is 24.2 Å². The first-order valence-corrected chi connectivity index (χ1v) is 12.9. The fourth-order valence-corrected chi connectivity index (χ4v) is 5.55. The second-order valence-corrected chi connectivity index (χ2v) is 10.3. The molecule has 3 aromatic rings. The molecule has 0 bridgehead atoms. The lowest BCUT2D eigenvalue weighted by Crippen LogP contribution is -2.27. The Morgan fingerprint density at radius 3 is 2.50 bits per heavy atom. The SMILES string of the molecule is Cc1cc(OCC(=O)N(C)C)cc(C)c1-c1cccc2c1CCC2Oc1ccc2c(c1)OCC2CC(=O)O. The number of carboxylic acid groups (broad SMARTS) is 1. The summed E-state index contributed by atoms with van der Waals surface area (Å²) in [7, 11) is 3.43. The van der Waals surface area contributed by atoms with Gasteiger partial charge in [-0.2, -0.15) is 0 Å². The number of carbonyl (C=O) groups excluding carboxylic acids is 1. The minimum atomic E-state index is -0.822. The van der Waals surface area contributed by atoms with Gasteiger partial charge in [-0.25, -0.2) is 0 Å². The van der Waals surface area contributed by atoms with Crippen molar-refractivity contribution in [2.45, 2.75) is 45.1 Å². The summed E-state index contributed by atoms with van der Waals surface area (Å²) in [4.78, 5) is 24.6. The molecule has 0 aromatic heterocycles. The van der Waals surface area contributed by atoms with E-state index in [1.54, 1.807) is 14.1 Å². The van der Waals surface area contributed by atoms with Crippen LogP contribution in [0, 0.1) is 13.8 Å². The average Bonchev–Trinajstić information content (AvgIpc) is 3.46. The van der Waals surface area contributed by atoms with Gasteiger partial charge in [0.25, 0.3) is 5.91 Å². The first-order valence-electron chi connectivity index (χ1n) is 12.9. The summed E-state index contributed by atoms with van der Waals surface area (Å²) in [6, 6.07) is 16.1. The Morgan fingerprint density at radius 2 is 1.79 bits per heavy atom. The van der Waals surface area contributed by atoms with Crippen molar-refractivity contribution >= 4 is 11.9 Å². The number of aryl methyl sites for hydroxylation is 2. The summed E-state index contributed by atoms with van der Waals surface area (Å²) >= 11 is 0. The van der Waals surface area contributed by atoms with Crippen LogP contribution in [0.4, 0.5) is 0 Å². The van der Waals surface area contributed by atoms with E-state index in [0.717, 1.165) is 35.3 Å². The normalized spacial score (nSPS) is 17.4. The maximum absolute atomic E-state index is 11.9. The van der Waals surface area contributed by atoms with E-state index in [0.29, 0.717) is 18.1 Å². The number of ether oxygens (including phenoxy) is 3. The van der Waals surface area contributed by atoms with E-state index in [1.165, 1.54) is 27.2 Å². The molecule has 2 atom stereocenters. The molecule has 7 heteroatoms. The molecule has 0 saturated carbocycles. The predicted octanol–water partition coefficient (Wildman–Crippen LogP) is 5.45. The summed E-state index contributed by atoms with van der Waals surface area (Å²) in [6.07, 6.45) is 1.77. The zero-order valence-corrected chi connectivity index (χ0v) is 22.2. The van der Waals surface area contributed by atoms with Crippen LogP contribution >= 0.6 is 0 Å². The molecular formula is C31H33NO6. The number of benzene rings is 3. The molecule has 1 aliphatic heterocycles. The molecule has 3 aromatic carbocycles. The molecule has 0 radical (unpaired) electrons. The summed E-state index contributed by atoms with van der Waals surface area (Å²) in [5, 5.41) is 9.15. The van der Waals surface area contributed by atoms with E-state index < -0.39 is 5.97 Å². The first kappa shape index (κ1) is 25.6. The Labute approximate surface area is 222 Å². The van der Waals surface area contributed by atoms with E-state index in [4.69, 9.17) is 19.3 Å². The van der Waals surface area contributed by atoms with Gasteiger partial charge in [0.05, 0.1) is 13.0 Å². The number of likely N-dealkylation sites (N-methyl/N-ethyl adjacent to an activating group) is 1. The van der Waals surface area contributed by atoms with Gasteiger partial charge in [-0.15, -0.1) is 0 Å². The highest BCUT2D eigenvalue weighted by Gasteiger charge is 2.30. The summed E-state index contributed by atoms with van der Waals surface area (Å²) in [5.74, 6) is 1.11. The van der Waals surface area contributed by atoms with Crippen molar-refractivity contribution < 1.29 is 28.9 Å². The molecule has 0 saturated heterocycles. The van der Waals surface area contributed by atoms with E-state index in [2.05, 4.69) is 32.0 Å². The van der Waals surface area contributed by atoms with Crippen LogP contribution in [0.15, 0.2) is 48.5 Å². The molecule has 5 rings (SSSR count). The molecule has 2 unspecified atom stereocenters. The highest BCUT2D eigenvalue weighted by Crippen LogP contribution is 2.44. The Hall–Kier alpha value is -4.00. The molecule has 1 N–H and O–H groups in total. The molecule has 7 nitrogen and oxygen atoms in total.